The maximum Gasteiger partial charge on any atom is 0.270 e. The highest BCUT2D eigenvalue weighted by Gasteiger charge is 2.25. The fraction of sp³-hybridized carbons (Fsp3) is 0.667. The highest BCUT2D eigenvalue weighted by molar-refractivity contribution is 9.10. The van der Waals surface area contributed by atoms with Crippen molar-refractivity contribution in [3.05, 3.63) is 22.4 Å². The average Bonchev–Trinajstić information content (AvgIpc) is 2.86. The molecule has 0 aromatic carbocycles. The van der Waals surface area contributed by atoms with Crippen LogP contribution in [-0.2, 0) is 6.54 Å². The predicted octanol–water partition coefficient (Wildman–Crippen LogP) is 3.15. The van der Waals surface area contributed by atoms with E-state index in [9.17, 15) is 4.79 Å². The van der Waals surface area contributed by atoms with Crippen molar-refractivity contribution in [3.8, 4) is 0 Å². The second-order valence-electron chi connectivity index (χ2n) is 5.46. The molecule has 0 spiro atoms. The zero-order chi connectivity index (χ0) is 14.5. The van der Waals surface area contributed by atoms with Crippen molar-refractivity contribution in [2.24, 2.45) is 5.92 Å². The Hall–Kier alpha value is -0.520. The number of nitrogens with one attached hydrogen (secondary N) is 1. The van der Waals surface area contributed by atoms with E-state index in [2.05, 4.69) is 28.2 Å². The van der Waals surface area contributed by atoms with Gasteiger partial charge in [-0.25, -0.2) is 0 Å². The lowest BCUT2D eigenvalue weighted by molar-refractivity contribution is 0.0676. The van der Waals surface area contributed by atoms with E-state index in [0.29, 0.717) is 0 Å². The lowest BCUT2D eigenvalue weighted by Gasteiger charge is -2.32. The van der Waals surface area contributed by atoms with E-state index in [1.165, 1.54) is 6.42 Å². The number of aryl methyl sites for hydroxylation is 1. The van der Waals surface area contributed by atoms with Crippen LogP contribution in [-0.4, -0.2) is 42.1 Å². The topological polar surface area (TPSA) is 37.3 Å². The number of carbonyl (C=O) groups is 1. The van der Waals surface area contributed by atoms with Crippen LogP contribution < -0.4 is 5.32 Å². The summed E-state index contributed by atoms with van der Waals surface area (Å²) < 4.78 is 2.99. The van der Waals surface area contributed by atoms with Crippen LogP contribution in [0.25, 0.3) is 0 Å². The normalized spacial score (nSPS) is 15.9. The first-order valence-electron chi connectivity index (χ1n) is 7.45. The lowest BCUT2D eigenvalue weighted by Crippen LogP contribution is -2.39. The molecule has 120 valence electrons. The number of rotatable bonds is 5. The maximum absolute atomic E-state index is 12.6. The van der Waals surface area contributed by atoms with Gasteiger partial charge in [0.15, 0.2) is 0 Å². The third-order valence-corrected chi connectivity index (χ3v) is 4.56. The van der Waals surface area contributed by atoms with E-state index in [0.717, 1.165) is 55.1 Å². The number of aromatic nitrogens is 1. The molecule has 0 aliphatic carbocycles. The summed E-state index contributed by atoms with van der Waals surface area (Å²) >= 11 is 3.46. The van der Waals surface area contributed by atoms with Crippen LogP contribution in [0.15, 0.2) is 16.7 Å². The van der Waals surface area contributed by atoms with Crippen molar-refractivity contribution in [1.82, 2.24) is 14.8 Å². The molecule has 1 saturated heterocycles. The number of amides is 1. The highest BCUT2D eigenvalue weighted by atomic mass is 79.9. The molecule has 2 rings (SSSR count). The number of piperidine rings is 1. The number of hydrogen-bond acceptors (Lipinski definition) is 2. The SMILES string of the molecule is CCn1cc(Br)cc1C(=O)N1CCC(CCNC)CC1.Cl. The maximum atomic E-state index is 12.6. The molecular weight excluding hydrogens is 354 g/mol. The third kappa shape index (κ3) is 4.73. The van der Waals surface area contributed by atoms with Crippen LogP contribution >= 0.6 is 28.3 Å². The highest BCUT2D eigenvalue weighted by Crippen LogP contribution is 2.23. The molecule has 21 heavy (non-hydrogen) atoms. The summed E-state index contributed by atoms with van der Waals surface area (Å²) in [4.78, 5) is 14.6. The molecule has 1 fully saturated rings. The molecule has 1 amide bonds. The smallest absolute Gasteiger partial charge is 0.270 e. The Morgan fingerprint density at radius 2 is 2.10 bits per heavy atom. The summed E-state index contributed by atoms with van der Waals surface area (Å²) in [6.45, 7) is 5.74. The van der Waals surface area contributed by atoms with Gasteiger partial charge in [0.2, 0.25) is 0 Å². The lowest BCUT2D eigenvalue weighted by atomic mass is 9.93. The first-order valence-corrected chi connectivity index (χ1v) is 8.24. The second-order valence-corrected chi connectivity index (χ2v) is 6.37. The summed E-state index contributed by atoms with van der Waals surface area (Å²) in [5.74, 6) is 0.931. The number of carbonyl (C=O) groups excluding carboxylic acids is 1. The molecule has 0 bridgehead atoms. The molecule has 1 aliphatic heterocycles. The van der Waals surface area contributed by atoms with Crippen LogP contribution in [0.2, 0.25) is 0 Å². The quantitative estimate of drug-likeness (QED) is 0.854. The zero-order valence-electron chi connectivity index (χ0n) is 12.8. The first kappa shape index (κ1) is 18.5. The van der Waals surface area contributed by atoms with E-state index in [-0.39, 0.29) is 18.3 Å². The van der Waals surface area contributed by atoms with Crippen LogP contribution in [0.4, 0.5) is 0 Å². The third-order valence-electron chi connectivity index (χ3n) is 4.13. The molecule has 1 aromatic rings. The molecule has 4 nitrogen and oxygen atoms in total. The van der Waals surface area contributed by atoms with Gasteiger partial charge in [-0.3, -0.25) is 4.79 Å². The molecule has 0 atom stereocenters. The van der Waals surface area contributed by atoms with Crippen LogP contribution in [0, 0.1) is 5.92 Å². The van der Waals surface area contributed by atoms with E-state index in [1.54, 1.807) is 0 Å². The molecule has 0 saturated carbocycles. The van der Waals surface area contributed by atoms with Crippen molar-refractivity contribution < 1.29 is 4.79 Å². The minimum absolute atomic E-state index is 0. The summed E-state index contributed by atoms with van der Waals surface area (Å²) in [6, 6.07) is 1.93. The molecular formula is C15H25BrClN3O. The van der Waals surface area contributed by atoms with Crippen molar-refractivity contribution in [2.45, 2.75) is 32.7 Å². The summed E-state index contributed by atoms with van der Waals surface area (Å²) in [5, 5.41) is 3.20. The Bertz CT molecular complexity index is 456. The summed E-state index contributed by atoms with van der Waals surface area (Å²) in [5.41, 5.74) is 0.799. The predicted molar refractivity (Wildman–Crippen MR) is 92.2 cm³/mol. The van der Waals surface area contributed by atoms with Crippen molar-refractivity contribution in [2.75, 3.05) is 26.7 Å². The average molecular weight is 379 g/mol. The Labute approximate surface area is 141 Å². The van der Waals surface area contributed by atoms with Crippen LogP contribution in [0.1, 0.15) is 36.7 Å². The number of likely N-dealkylation sites (tertiary alicyclic amines) is 1. The fourth-order valence-electron chi connectivity index (χ4n) is 2.85. The molecule has 2 heterocycles. The standard InChI is InChI=1S/C15H24BrN3O.ClH/c1-3-18-11-13(16)10-14(18)15(20)19-8-5-12(6-9-19)4-7-17-2;/h10-12,17H,3-9H2,1-2H3;1H. The molecule has 0 unspecified atom stereocenters. The van der Waals surface area contributed by atoms with E-state index < -0.39 is 0 Å². The monoisotopic (exact) mass is 377 g/mol. The Balaban J connectivity index is 0.00000220. The fourth-order valence-corrected chi connectivity index (χ4v) is 3.31. The molecule has 1 N–H and O–H groups in total. The summed E-state index contributed by atoms with van der Waals surface area (Å²) in [6.07, 6.45) is 5.45. The number of hydrogen-bond donors (Lipinski definition) is 1. The van der Waals surface area contributed by atoms with Gasteiger partial charge >= 0.3 is 0 Å². The van der Waals surface area contributed by atoms with Gasteiger partial charge in [-0.2, -0.15) is 0 Å². The van der Waals surface area contributed by atoms with Gasteiger partial charge in [-0.1, -0.05) is 0 Å². The Kier molecular flexibility index (Phi) is 7.77. The minimum Gasteiger partial charge on any atom is -0.343 e. The van der Waals surface area contributed by atoms with Gasteiger partial charge in [-0.05, 0) is 67.7 Å². The van der Waals surface area contributed by atoms with E-state index >= 15 is 0 Å². The van der Waals surface area contributed by atoms with Crippen molar-refractivity contribution >= 4 is 34.2 Å². The molecule has 1 aliphatic rings. The van der Waals surface area contributed by atoms with Gasteiger partial charge in [0.25, 0.3) is 5.91 Å². The van der Waals surface area contributed by atoms with Gasteiger partial charge in [0, 0.05) is 30.3 Å². The minimum atomic E-state index is 0. The van der Waals surface area contributed by atoms with Crippen LogP contribution in [0.3, 0.4) is 0 Å². The van der Waals surface area contributed by atoms with Gasteiger partial charge < -0.3 is 14.8 Å². The summed E-state index contributed by atoms with van der Waals surface area (Å²) in [7, 11) is 2.00. The second kappa shape index (κ2) is 8.81. The first-order chi connectivity index (χ1) is 9.65. The van der Waals surface area contributed by atoms with Gasteiger partial charge in [0.05, 0.1) is 0 Å². The van der Waals surface area contributed by atoms with Crippen molar-refractivity contribution in [3.63, 3.8) is 0 Å². The Morgan fingerprint density at radius 1 is 1.43 bits per heavy atom. The molecule has 6 heteroatoms. The Morgan fingerprint density at radius 3 is 2.67 bits per heavy atom. The van der Waals surface area contributed by atoms with Crippen molar-refractivity contribution in [1.29, 1.82) is 0 Å². The number of halogens is 2. The largest absolute Gasteiger partial charge is 0.343 e. The molecule has 0 radical (unpaired) electrons. The van der Waals surface area contributed by atoms with Crippen LogP contribution in [0.5, 0.6) is 0 Å². The van der Waals surface area contributed by atoms with Gasteiger partial charge in [0.1, 0.15) is 5.69 Å². The molecule has 1 aromatic heterocycles. The number of nitrogens with zero attached hydrogens (tertiary/aromatic N) is 2. The zero-order valence-corrected chi connectivity index (χ0v) is 15.2. The van der Waals surface area contributed by atoms with E-state index in [1.807, 2.05) is 28.8 Å². The van der Waals surface area contributed by atoms with E-state index in [4.69, 9.17) is 0 Å². The van der Waals surface area contributed by atoms with Gasteiger partial charge in [-0.15, -0.1) is 12.4 Å².